The van der Waals surface area contributed by atoms with Gasteiger partial charge in [-0.15, -0.1) is 0 Å². The Labute approximate surface area is 97.0 Å². The smallest absolute Gasteiger partial charge is 0.410 e. The summed E-state index contributed by atoms with van der Waals surface area (Å²) in [5.41, 5.74) is 2.23. The number of nitrogens with zero attached hydrogens (tertiary/aromatic N) is 1. The molecule has 0 heterocycles. The number of carbonyl (C=O) groups excluding carboxylic acids is 1. The molecule has 0 aromatic heterocycles. The molecule has 0 saturated carbocycles. The first-order valence-electron chi connectivity index (χ1n) is 5.64. The third kappa shape index (κ3) is 3.57. The average molecular weight is 221 g/mol. The van der Waals surface area contributed by atoms with Crippen LogP contribution in [0, 0.1) is 6.92 Å². The zero-order chi connectivity index (χ0) is 12.0. The number of hydrogen-bond donors (Lipinski definition) is 0. The van der Waals surface area contributed by atoms with Crippen molar-refractivity contribution in [2.45, 2.75) is 27.4 Å². The normalized spacial score (nSPS) is 9.94. The van der Waals surface area contributed by atoms with Crippen LogP contribution in [0.1, 0.15) is 25.0 Å². The standard InChI is InChI=1S/C13H19NO2/c1-4-14(5-2)13(15)16-10-12-8-6-11(3)7-9-12/h6-9H,4-5,10H2,1-3H3. The van der Waals surface area contributed by atoms with Crippen LogP contribution in [-0.2, 0) is 11.3 Å². The largest absolute Gasteiger partial charge is 0.445 e. The maximum absolute atomic E-state index is 11.5. The first-order valence-corrected chi connectivity index (χ1v) is 5.64. The molecule has 0 bridgehead atoms. The van der Waals surface area contributed by atoms with Crippen molar-refractivity contribution in [3.63, 3.8) is 0 Å². The van der Waals surface area contributed by atoms with E-state index < -0.39 is 0 Å². The number of ether oxygens (including phenoxy) is 1. The lowest BCUT2D eigenvalue weighted by atomic mass is 10.2. The van der Waals surface area contributed by atoms with E-state index in [0.717, 1.165) is 5.56 Å². The second kappa shape index (κ2) is 6.16. The SMILES string of the molecule is CCN(CC)C(=O)OCc1ccc(C)cc1. The van der Waals surface area contributed by atoms with Crippen LogP contribution in [-0.4, -0.2) is 24.1 Å². The summed E-state index contributed by atoms with van der Waals surface area (Å²) in [6.45, 7) is 7.63. The molecule has 1 rings (SSSR count). The summed E-state index contributed by atoms with van der Waals surface area (Å²) in [4.78, 5) is 13.2. The van der Waals surface area contributed by atoms with Crippen molar-refractivity contribution in [2.24, 2.45) is 0 Å². The van der Waals surface area contributed by atoms with E-state index in [1.165, 1.54) is 5.56 Å². The molecule has 3 heteroatoms. The maximum atomic E-state index is 11.5. The fourth-order valence-corrected chi connectivity index (χ4v) is 1.40. The van der Waals surface area contributed by atoms with E-state index in [4.69, 9.17) is 4.74 Å². The van der Waals surface area contributed by atoms with Crippen molar-refractivity contribution in [3.8, 4) is 0 Å². The molecule has 0 fully saturated rings. The Morgan fingerprint density at radius 2 is 1.75 bits per heavy atom. The van der Waals surface area contributed by atoms with Gasteiger partial charge < -0.3 is 9.64 Å². The van der Waals surface area contributed by atoms with Gasteiger partial charge >= 0.3 is 6.09 Å². The molecule has 1 amide bonds. The Morgan fingerprint density at radius 3 is 2.25 bits per heavy atom. The topological polar surface area (TPSA) is 29.5 Å². The fourth-order valence-electron chi connectivity index (χ4n) is 1.40. The van der Waals surface area contributed by atoms with Crippen molar-refractivity contribution in [2.75, 3.05) is 13.1 Å². The fraction of sp³-hybridized carbons (Fsp3) is 0.462. The third-order valence-corrected chi connectivity index (χ3v) is 2.50. The minimum Gasteiger partial charge on any atom is -0.445 e. The number of benzene rings is 1. The van der Waals surface area contributed by atoms with Gasteiger partial charge in [0.25, 0.3) is 0 Å². The maximum Gasteiger partial charge on any atom is 0.410 e. The van der Waals surface area contributed by atoms with Gasteiger partial charge in [-0.3, -0.25) is 0 Å². The van der Waals surface area contributed by atoms with Crippen LogP contribution in [0.15, 0.2) is 24.3 Å². The van der Waals surface area contributed by atoms with Gasteiger partial charge in [0.15, 0.2) is 0 Å². The molecule has 0 spiro atoms. The molecule has 0 N–H and O–H groups in total. The average Bonchev–Trinajstić information content (AvgIpc) is 2.30. The van der Waals surface area contributed by atoms with Gasteiger partial charge in [0.1, 0.15) is 6.61 Å². The molecule has 0 aliphatic rings. The monoisotopic (exact) mass is 221 g/mol. The Bertz CT molecular complexity index is 328. The van der Waals surface area contributed by atoms with Crippen LogP contribution in [0.2, 0.25) is 0 Å². The van der Waals surface area contributed by atoms with Gasteiger partial charge in [-0.1, -0.05) is 29.8 Å². The molecule has 0 atom stereocenters. The lowest BCUT2D eigenvalue weighted by molar-refractivity contribution is 0.0999. The van der Waals surface area contributed by atoms with Gasteiger partial charge in [0, 0.05) is 13.1 Å². The van der Waals surface area contributed by atoms with E-state index >= 15 is 0 Å². The summed E-state index contributed by atoms with van der Waals surface area (Å²) in [5, 5.41) is 0. The van der Waals surface area contributed by atoms with Crippen molar-refractivity contribution in [3.05, 3.63) is 35.4 Å². The number of aryl methyl sites for hydroxylation is 1. The predicted octanol–water partition coefficient (Wildman–Crippen LogP) is 2.97. The highest BCUT2D eigenvalue weighted by atomic mass is 16.6. The minimum atomic E-state index is -0.245. The molecule has 0 radical (unpaired) electrons. The first-order chi connectivity index (χ1) is 7.67. The van der Waals surface area contributed by atoms with Gasteiger partial charge in [-0.25, -0.2) is 4.79 Å². The number of amides is 1. The lowest BCUT2D eigenvalue weighted by Gasteiger charge is -2.18. The zero-order valence-corrected chi connectivity index (χ0v) is 10.2. The number of hydrogen-bond acceptors (Lipinski definition) is 2. The molecule has 88 valence electrons. The summed E-state index contributed by atoms with van der Waals surface area (Å²) in [6.07, 6.45) is -0.245. The van der Waals surface area contributed by atoms with E-state index in [0.29, 0.717) is 19.7 Å². The summed E-state index contributed by atoms with van der Waals surface area (Å²) in [5.74, 6) is 0. The summed E-state index contributed by atoms with van der Waals surface area (Å²) < 4.78 is 5.20. The van der Waals surface area contributed by atoms with E-state index in [2.05, 4.69) is 0 Å². The van der Waals surface area contributed by atoms with Gasteiger partial charge in [-0.05, 0) is 26.3 Å². The van der Waals surface area contributed by atoms with Gasteiger partial charge in [-0.2, -0.15) is 0 Å². The van der Waals surface area contributed by atoms with E-state index in [1.54, 1.807) is 4.90 Å². The van der Waals surface area contributed by atoms with Crippen LogP contribution in [0.4, 0.5) is 4.79 Å². The molecule has 1 aromatic carbocycles. The second-order valence-electron chi connectivity index (χ2n) is 3.71. The van der Waals surface area contributed by atoms with Crippen molar-refractivity contribution in [1.82, 2.24) is 4.90 Å². The summed E-state index contributed by atoms with van der Waals surface area (Å²) >= 11 is 0. The zero-order valence-electron chi connectivity index (χ0n) is 10.2. The Kier molecular flexibility index (Phi) is 4.83. The second-order valence-corrected chi connectivity index (χ2v) is 3.71. The van der Waals surface area contributed by atoms with Crippen molar-refractivity contribution >= 4 is 6.09 Å². The minimum absolute atomic E-state index is 0.245. The molecule has 3 nitrogen and oxygen atoms in total. The molecule has 0 aliphatic heterocycles. The highest BCUT2D eigenvalue weighted by Gasteiger charge is 2.10. The molecular weight excluding hydrogens is 202 g/mol. The van der Waals surface area contributed by atoms with Gasteiger partial charge in [0.05, 0.1) is 0 Å². The highest BCUT2D eigenvalue weighted by molar-refractivity contribution is 5.67. The summed E-state index contributed by atoms with van der Waals surface area (Å²) in [6, 6.07) is 7.98. The van der Waals surface area contributed by atoms with E-state index in [9.17, 15) is 4.79 Å². The Hall–Kier alpha value is -1.51. The van der Waals surface area contributed by atoms with Crippen LogP contribution in [0.5, 0.6) is 0 Å². The van der Waals surface area contributed by atoms with Crippen molar-refractivity contribution < 1.29 is 9.53 Å². The summed E-state index contributed by atoms with van der Waals surface area (Å²) in [7, 11) is 0. The molecular formula is C13H19NO2. The Morgan fingerprint density at radius 1 is 1.19 bits per heavy atom. The van der Waals surface area contributed by atoms with Gasteiger partial charge in [0.2, 0.25) is 0 Å². The number of rotatable bonds is 4. The quantitative estimate of drug-likeness (QED) is 0.782. The molecule has 16 heavy (non-hydrogen) atoms. The van der Waals surface area contributed by atoms with Crippen LogP contribution in [0.25, 0.3) is 0 Å². The van der Waals surface area contributed by atoms with Crippen LogP contribution < -0.4 is 0 Å². The van der Waals surface area contributed by atoms with E-state index in [1.807, 2.05) is 45.0 Å². The number of carbonyl (C=O) groups is 1. The van der Waals surface area contributed by atoms with E-state index in [-0.39, 0.29) is 6.09 Å². The first kappa shape index (κ1) is 12.6. The molecule has 0 saturated heterocycles. The predicted molar refractivity (Wildman–Crippen MR) is 64.3 cm³/mol. The molecule has 0 aliphatic carbocycles. The molecule has 0 unspecified atom stereocenters. The highest BCUT2D eigenvalue weighted by Crippen LogP contribution is 2.05. The van der Waals surface area contributed by atoms with Crippen molar-refractivity contribution in [1.29, 1.82) is 0 Å². The third-order valence-electron chi connectivity index (χ3n) is 2.50. The Balaban J connectivity index is 2.45. The lowest BCUT2D eigenvalue weighted by Crippen LogP contribution is -2.30. The molecule has 1 aromatic rings. The van der Waals surface area contributed by atoms with Crippen LogP contribution in [0.3, 0.4) is 0 Å². The van der Waals surface area contributed by atoms with Crippen LogP contribution >= 0.6 is 0 Å².